The van der Waals surface area contributed by atoms with Crippen LogP contribution in [-0.2, 0) is 18.3 Å². The van der Waals surface area contributed by atoms with Crippen molar-refractivity contribution in [1.82, 2.24) is 15.6 Å². The molecule has 0 aromatic carbocycles. The second kappa shape index (κ2) is 9.85. The summed E-state index contributed by atoms with van der Waals surface area (Å²) < 4.78 is 37.7. The molecule has 0 aliphatic carbocycles. The van der Waals surface area contributed by atoms with Crippen LogP contribution in [0.4, 0.5) is 13.2 Å². The van der Waals surface area contributed by atoms with Crippen molar-refractivity contribution < 1.29 is 18.3 Å². The van der Waals surface area contributed by atoms with Gasteiger partial charge in [-0.2, -0.15) is 13.2 Å². The Morgan fingerprint density at radius 1 is 1.31 bits per heavy atom. The van der Waals surface area contributed by atoms with Crippen molar-refractivity contribution in [2.45, 2.75) is 32.2 Å². The number of aromatic nitrogens is 1. The molecule has 5 nitrogen and oxygen atoms in total. The molecule has 2 aromatic heterocycles. The van der Waals surface area contributed by atoms with Gasteiger partial charge in [0.2, 0.25) is 0 Å². The highest BCUT2D eigenvalue weighted by atomic mass is 127. The molecule has 0 saturated heterocycles. The van der Waals surface area contributed by atoms with Crippen LogP contribution >= 0.6 is 46.7 Å². The van der Waals surface area contributed by atoms with E-state index in [4.69, 9.17) is 0 Å². The Hall–Kier alpha value is -0.920. The number of thiazole rings is 1. The molecule has 2 aromatic rings. The zero-order chi connectivity index (χ0) is 18.5. The van der Waals surface area contributed by atoms with E-state index >= 15 is 0 Å². The maximum atomic E-state index is 12.6. The number of rotatable bonds is 6. The van der Waals surface area contributed by atoms with Crippen molar-refractivity contribution in [3.05, 3.63) is 38.5 Å². The third-order valence-electron chi connectivity index (χ3n) is 3.21. The first-order valence-corrected chi connectivity index (χ1v) is 9.28. The summed E-state index contributed by atoms with van der Waals surface area (Å²) in [5, 5.41) is 19.6. The number of hydrogen-bond acceptors (Lipinski definition) is 5. The Kier molecular flexibility index (Phi) is 8.76. The van der Waals surface area contributed by atoms with Gasteiger partial charge in [0.25, 0.3) is 0 Å². The van der Waals surface area contributed by atoms with Crippen molar-refractivity contribution in [1.29, 1.82) is 0 Å². The maximum Gasteiger partial charge on any atom is 0.434 e. The second-order valence-corrected chi connectivity index (χ2v) is 7.31. The molecule has 0 saturated carbocycles. The molecule has 0 aliphatic rings. The minimum Gasteiger partial charge on any atom is -0.383 e. The zero-order valence-electron chi connectivity index (χ0n) is 14.1. The number of thiophene rings is 1. The van der Waals surface area contributed by atoms with Crippen molar-refractivity contribution in [2.75, 3.05) is 13.1 Å². The summed E-state index contributed by atoms with van der Waals surface area (Å²) in [5.41, 5.74) is -1.98. The number of halogens is 4. The van der Waals surface area contributed by atoms with E-state index in [1.54, 1.807) is 6.92 Å². The summed E-state index contributed by atoms with van der Waals surface area (Å²) in [4.78, 5) is 8.59. The number of guanidine groups is 1. The minimum atomic E-state index is -4.44. The van der Waals surface area contributed by atoms with Crippen LogP contribution in [0.25, 0.3) is 0 Å². The molecule has 0 bridgehead atoms. The minimum absolute atomic E-state index is 0. The van der Waals surface area contributed by atoms with E-state index in [2.05, 4.69) is 20.6 Å². The molecular weight excluding hydrogens is 500 g/mol. The molecule has 0 amide bonds. The summed E-state index contributed by atoms with van der Waals surface area (Å²) in [5.74, 6) is 0.406. The van der Waals surface area contributed by atoms with E-state index in [1.807, 2.05) is 24.4 Å². The fourth-order valence-corrected chi connectivity index (χ4v) is 3.44. The topological polar surface area (TPSA) is 69.5 Å². The number of nitrogens with one attached hydrogen (secondary N) is 2. The van der Waals surface area contributed by atoms with Crippen molar-refractivity contribution in [2.24, 2.45) is 4.99 Å². The first kappa shape index (κ1) is 23.1. The molecule has 26 heavy (non-hydrogen) atoms. The van der Waals surface area contributed by atoms with Crippen LogP contribution in [0, 0.1) is 0 Å². The van der Waals surface area contributed by atoms with Crippen molar-refractivity contribution in [3.8, 4) is 0 Å². The highest BCUT2D eigenvalue weighted by molar-refractivity contribution is 14.0. The van der Waals surface area contributed by atoms with Crippen LogP contribution in [0.15, 0.2) is 27.9 Å². The van der Waals surface area contributed by atoms with Gasteiger partial charge in [-0.3, -0.25) is 0 Å². The molecule has 0 radical (unpaired) electrons. The van der Waals surface area contributed by atoms with Gasteiger partial charge in [-0.15, -0.1) is 46.7 Å². The molecular formula is C15H20F3IN4OS2. The van der Waals surface area contributed by atoms with Gasteiger partial charge in [-0.05, 0) is 25.3 Å². The predicted molar refractivity (Wildman–Crippen MR) is 109 cm³/mol. The number of hydrogen-bond donors (Lipinski definition) is 3. The lowest BCUT2D eigenvalue weighted by Gasteiger charge is -2.23. The quantitative estimate of drug-likeness (QED) is 0.308. The van der Waals surface area contributed by atoms with Gasteiger partial charge in [0.1, 0.15) is 10.6 Å². The summed E-state index contributed by atoms with van der Waals surface area (Å²) in [6.07, 6.45) is -4.44. The average molecular weight is 520 g/mol. The molecule has 11 heteroatoms. The van der Waals surface area contributed by atoms with Crippen LogP contribution in [0.3, 0.4) is 0 Å². The van der Waals surface area contributed by atoms with E-state index < -0.39 is 17.5 Å². The summed E-state index contributed by atoms with van der Waals surface area (Å²) in [7, 11) is 0. The molecule has 0 fully saturated rings. The SMILES string of the molecule is CCNC(=NCc1nc(C(F)(F)F)cs1)NCC(C)(O)c1cccs1.I. The van der Waals surface area contributed by atoms with Crippen LogP contribution in [-0.4, -0.2) is 29.1 Å². The maximum absolute atomic E-state index is 12.6. The van der Waals surface area contributed by atoms with Gasteiger partial charge in [-0.25, -0.2) is 9.98 Å². The first-order chi connectivity index (χ1) is 11.7. The highest BCUT2D eigenvalue weighted by Crippen LogP contribution is 2.30. The van der Waals surface area contributed by atoms with Crippen LogP contribution in [0.1, 0.15) is 29.4 Å². The number of aliphatic hydroxyl groups is 1. The van der Waals surface area contributed by atoms with Crippen molar-refractivity contribution in [3.63, 3.8) is 0 Å². The fourth-order valence-electron chi connectivity index (χ4n) is 1.93. The Morgan fingerprint density at radius 3 is 2.58 bits per heavy atom. The molecule has 0 aliphatic heterocycles. The highest BCUT2D eigenvalue weighted by Gasteiger charge is 2.33. The monoisotopic (exact) mass is 520 g/mol. The van der Waals surface area contributed by atoms with E-state index in [-0.39, 0.29) is 42.1 Å². The zero-order valence-corrected chi connectivity index (χ0v) is 18.1. The molecule has 2 rings (SSSR count). The standard InChI is InChI=1S/C15H19F3N4OS2.HI/c1-3-19-13(21-9-14(2,23)11-5-4-6-24-11)20-7-12-22-10(8-25-12)15(16,17)18;/h4-6,8,23H,3,7,9H2,1-2H3,(H2,19,20,21);1H. The lowest BCUT2D eigenvalue weighted by molar-refractivity contribution is -0.140. The third kappa shape index (κ3) is 6.67. The lowest BCUT2D eigenvalue weighted by atomic mass is 10.1. The van der Waals surface area contributed by atoms with Gasteiger partial charge in [0.15, 0.2) is 11.7 Å². The summed E-state index contributed by atoms with van der Waals surface area (Å²) in [6.45, 7) is 4.38. The van der Waals surface area contributed by atoms with Crippen molar-refractivity contribution >= 4 is 52.6 Å². The van der Waals surface area contributed by atoms with Crippen LogP contribution in [0.2, 0.25) is 0 Å². The van der Waals surface area contributed by atoms with E-state index in [0.717, 1.165) is 21.6 Å². The Morgan fingerprint density at radius 2 is 2.04 bits per heavy atom. The van der Waals surface area contributed by atoms with Gasteiger partial charge >= 0.3 is 6.18 Å². The fraction of sp³-hybridized carbons (Fsp3) is 0.467. The third-order valence-corrected chi connectivity index (χ3v) is 5.17. The van der Waals surface area contributed by atoms with E-state index in [1.165, 1.54) is 11.3 Å². The molecule has 3 N–H and O–H groups in total. The largest absolute Gasteiger partial charge is 0.434 e. The normalized spacial score (nSPS) is 14.5. The Bertz CT molecular complexity index is 702. The van der Waals surface area contributed by atoms with Gasteiger partial charge in [-0.1, -0.05) is 6.07 Å². The summed E-state index contributed by atoms with van der Waals surface area (Å²) in [6, 6.07) is 3.69. The second-order valence-electron chi connectivity index (χ2n) is 5.42. The van der Waals surface area contributed by atoms with Crippen LogP contribution in [0.5, 0.6) is 0 Å². The predicted octanol–water partition coefficient (Wildman–Crippen LogP) is 3.80. The number of aliphatic imine (C=N–C) groups is 1. The van der Waals surface area contributed by atoms with Gasteiger partial charge in [0, 0.05) is 16.8 Å². The molecule has 1 unspecified atom stereocenters. The number of nitrogens with zero attached hydrogens (tertiary/aromatic N) is 2. The Labute approximate surface area is 174 Å². The molecule has 146 valence electrons. The molecule has 2 heterocycles. The van der Waals surface area contributed by atoms with Gasteiger partial charge in [0.05, 0.1) is 13.1 Å². The van der Waals surface area contributed by atoms with E-state index in [9.17, 15) is 18.3 Å². The van der Waals surface area contributed by atoms with Gasteiger partial charge < -0.3 is 15.7 Å². The van der Waals surface area contributed by atoms with Crippen LogP contribution < -0.4 is 10.6 Å². The number of alkyl halides is 3. The average Bonchev–Trinajstić information content (AvgIpc) is 3.20. The Balaban J connectivity index is 0.00000338. The smallest absolute Gasteiger partial charge is 0.383 e. The molecule has 0 spiro atoms. The first-order valence-electron chi connectivity index (χ1n) is 7.52. The van der Waals surface area contributed by atoms with E-state index in [0.29, 0.717) is 12.5 Å². The molecule has 1 atom stereocenters. The lowest BCUT2D eigenvalue weighted by Crippen LogP contribution is -2.44. The summed E-state index contributed by atoms with van der Waals surface area (Å²) >= 11 is 2.36.